The van der Waals surface area contributed by atoms with E-state index in [1.807, 2.05) is 13.8 Å². The first kappa shape index (κ1) is 22.8. The molecule has 0 spiro atoms. The molecule has 0 fully saturated rings. The van der Waals surface area contributed by atoms with Crippen molar-refractivity contribution in [1.29, 1.82) is 0 Å². The molecule has 0 radical (unpaired) electrons. The highest BCUT2D eigenvalue weighted by Crippen LogP contribution is 2.29. The highest BCUT2D eigenvalue weighted by molar-refractivity contribution is 6.10. The molecule has 0 saturated carbocycles. The van der Waals surface area contributed by atoms with E-state index in [1.54, 1.807) is 48.5 Å². The van der Waals surface area contributed by atoms with Gasteiger partial charge in [-0.25, -0.2) is 4.79 Å². The molecule has 32 heavy (non-hydrogen) atoms. The first-order valence-electron chi connectivity index (χ1n) is 10.3. The van der Waals surface area contributed by atoms with Gasteiger partial charge in [0.15, 0.2) is 0 Å². The molecule has 0 aliphatic carbocycles. The molecule has 0 aromatic heterocycles. The molecule has 3 N–H and O–H groups in total. The first-order valence-corrected chi connectivity index (χ1v) is 10.3. The van der Waals surface area contributed by atoms with Crippen molar-refractivity contribution in [3.63, 3.8) is 0 Å². The minimum atomic E-state index is -0.571. The molecule has 1 heterocycles. The lowest BCUT2D eigenvalue weighted by atomic mass is 10.1. The summed E-state index contributed by atoms with van der Waals surface area (Å²) in [5.41, 5.74) is 2.13. The molecule has 2 aromatic rings. The number of ether oxygens (including phenoxy) is 1. The summed E-state index contributed by atoms with van der Waals surface area (Å²) in [4.78, 5) is 50.1. The number of rotatable bonds is 7. The van der Waals surface area contributed by atoms with Gasteiger partial charge in [-0.05, 0) is 36.2 Å². The Morgan fingerprint density at radius 2 is 1.75 bits per heavy atom. The molecule has 9 heteroatoms. The number of fused-ring (bicyclic) bond motifs is 1. The van der Waals surface area contributed by atoms with Crippen LogP contribution in [0.5, 0.6) is 0 Å². The smallest absolute Gasteiger partial charge is 0.411 e. The minimum Gasteiger partial charge on any atom is -0.449 e. The number of amides is 4. The van der Waals surface area contributed by atoms with Gasteiger partial charge < -0.3 is 20.3 Å². The second-order valence-corrected chi connectivity index (χ2v) is 7.79. The number of hydrogen-bond acceptors (Lipinski definition) is 5. The Morgan fingerprint density at radius 3 is 2.50 bits per heavy atom. The molecular formula is C23H26N4O5. The highest BCUT2D eigenvalue weighted by atomic mass is 16.5. The highest BCUT2D eigenvalue weighted by Gasteiger charge is 2.26. The number of carbonyl (C=O) groups excluding carboxylic acids is 4. The average Bonchev–Trinajstić information content (AvgIpc) is 2.75. The van der Waals surface area contributed by atoms with Gasteiger partial charge in [0.1, 0.15) is 6.54 Å². The summed E-state index contributed by atoms with van der Waals surface area (Å²) in [6.07, 6.45) is -0.668. The van der Waals surface area contributed by atoms with Crippen LogP contribution in [0.15, 0.2) is 48.5 Å². The number of benzene rings is 2. The summed E-state index contributed by atoms with van der Waals surface area (Å²) in [5.74, 6) is -0.724. The normalized spacial score (nSPS) is 12.6. The first-order chi connectivity index (χ1) is 15.3. The molecule has 0 unspecified atom stereocenters. The molecule has 0 atom stereocenters. The fourth-order valence-electron chi connectivity index (χ4n) is 3.11. The molecule has 1 aliphatic heterocycles. The summed E-state index contributed by atoms with van der Waals surface area (Å²) >= 11 is 0. The number of nitrogens with zero attached hydrogens (tertiary/aromatic N) is 1. The van der Waals surface area contributed by atoms with E-state index in [4.69, 9.17) is 4.74 Å². The zero-order valence-corrected chi connectivity index (χ0v) is 18.0. The number of hydrogen-bond donors (Lipinski definition) is 3. The molecule has 9 nitrogen and oxygen atoms in total. The van der Waals surface area contributed by atoms with Gasteiger partial charge in [-0.15, -0.1) is 0 Å². The molecular weight excluding hydrogens is 412 g/mol. The van der Waals surface area contributed by atoms with Gasteiger partial charge in [0.2, 0.25) is 17.7 Å². The molecule has 0 bridgehead atoms. The summed E-state index contributed by atoms with van der Waals surface area (Å²) in [6, 6.07) is 13.7. The molecule has 2 aromatic carbocycles. The van der Waals surface area contributed by atoms with Crippen molar-refractivity contribution >= 4 is 46.6 Å². The van der Waals surface area contributed by atoms with Crippen molar-refractivity contribution < 1.29 is 23.9 Å². The van der Waals surface area contributed by atoms with E-state index in [1.165, 1.54) is 4.90 Å². The Morgan fingerprint density at radius 1 is 1.03 bits per heavy atom. The van der Waals surface area contributed by atoms with Gasteiger partial charge in [0.05, 0.1) is 18.0 Å². The lowest BCUT2D eigenvalue weighted by Gasteiger charge is -2.29. The van der Waals surface area contributed by atoms with Crippen LogP contribution in [0.1, 0.15) is 26.7 Å². The standard InChI is InChI=1S/C23H26N4O5/c1-15(2)14-32-23(31)25-17-7-5-6-16(12-17)24-20(28)10-11-22(30)27-13-21(29)26-18-8-3-4-9-19(18)27/h3-9,12,15H,10-11,13-14H2,1-2H3,(H,24,28)(H,25,31)(H,26,29). The Hall–Kier alpha value is -3.88. The SMILES string of the molecule is CC(C)COC(=O)Nc1cccc(NC(=O)CCC(=O)N2CC(=O)Nc3ccccc32)c1. The van der Waals surface area contributed by atoms with E-state index >= 15 is 0 Å². The molecule has 4 amide bonds. The van der Waals surface area contributed by atoms with E-state index in [-0.39, 0.29) is 43.0 Å². The number of carbonyl (C=O) groups is 4. The largest absolute Gasteiger partial charge is 0.449 e. The average molecular weight is 438 g/mol. The summed E-state index contributed by atoms with van der Waals surface area (Å²) in [6.45, 7) is 4.09. The van der Waals surface area contributed by atoms with E-state index in [0.717, 1.165) is 0 Å². The summed E-state index contributed by atoms with van der Waals surface area (Å²) in [5, 5.41) is 8.04. The minimum absolute atomic E-state index is 0.0484. The van der Waals surface area contributed by atoms with Crippen LogP contribution in [0.25, 0.3) is 0 Å². The fraction of sp³-hybridized carbons (Fsp3) is 0.304. The number of para-hydroxylation sites is 2. The van der Waals surface area contributed by atoms with Gasteiger partial charge in [-0.1, -0.05) is 32.0 Å². The van der Waals surface area contributed by atoms with Gasteiger partial charge in [0, 0.05) is 24.2 Å². The van der Waals surface area contributed by atoms with Crippen LogP contribution < -0.4 is 20.9 Å². The topological polar surface area (TPSA) is 117 Å². The summed E-state index contributed by atoms with van der Waals surface area (Å²) < 4.78 is 5.08. The third kappa shape index (κ3) is 6.31. The molecule has 3 rings (SSSR count). The zero-order chi connectivity index (χ0) is 23.1. The van der Waals surface area contributed by atoms with Crippen molar-refractivity contribution in [1.82, 2.24) is 0 Å². The Kier molecular flexibility index (Phi) is 7.43. The maximum atomic E-state index is 12.7. The van der Waals surface area contributed by atoms with E-state index in [0.29, 0.717) is 29.4 Å². The van der Waals surface area contributed by atoms with Crippen molar-refractivity contribution in [2.24, 2.45) is 5.92 Å². The van der Waals surface area contributed by atoms with Crippen LogP contribution in [-0.2, 0) is 19.1 Å². The van der Waals surface area contributed by atoms with Crippen molar-refractivity contribution in [3.05, 3.63) is 48.5 Å². The predicted molar refractivity (Wildman–Crippen MR) is 122 cm³/mol. The second-order valence-electron chi connectivity index (χ2n) is 7.79. The van der Waals surface area contributed by atoms with E-state index < -0.39 is 6.09 Å². The van der Waals surface area contributed by atoms with Crippen molar-refractivity contribution in [2.75, 3.05) is 34.0 Å². The van der Waals surface area contributed by atoms with Gasteiger partial charge in [0.25, 0.3) is 0 Å². The van der Waals surface area contributed by atoms with Crippen LogP contribution in [0, 0.1) is 5.92 Å². The lowest BCUT2D eigenvalue weighted by Crippen LogP contribution is -2.42. The summed E-state index contributed by atoms with van der Waals surface area (Å²) in [7, 11) is 0. The number of anilines is 4. The molecule has 1 aliphatic rings. The zero-order valence-electron chi connectivity index (χ0n) is 18.0. The monoisotopic (exact) mass is 438 g/mol. The van der Waals surface area contributed by atoms with Gasteiger partial charge in [-0.2, -0.15) is 0 Å². The van der Waals surface area contributed by atoms with Crippen LogP contribution >= 0.6 is 0 Å². The van der Waals surface area contributed by atoms with Crippen LogP contribution in [0.3, 0.4) is 0 Å². The van der Waals surface area contributed by atoms with Crippen LogP contribution in [-0.4, -0.2) is 37.0 Å². The van der Waals surface area contributed by atoms with Gasteiger partial charge in [-0.3, -0.25) is 19.7 Å². The maximum absolute atomic E-state index is 12.7. The Labute approximate surface area is 186 Å². The van der Waals surface area contributed by atoms with Crippen molar-refractivity contribution in [2.45, 2.75) is 26.7 Å². The van der Waals surface area contributed by atoms with Gasteiger partial charge >= 0.3 is 6.09 Å². The molecule has 0 saturated heterocycles. The van der Waals surface area contributed by atoms with E-state index in [2.05, 4.69) is 16.0 Å². The third-order valence-corrected chi connectivity index (χ3v) is 4.58. The van der Waals surface area contributed by atoms with Crippen LogP contribution in [0.2, 0.25) is 0 Å². The predicted octanol–water partition coefficient (Wildman–Crippen LogP) is 3.60. The quantitative estimate of drug-likeness (QED) is 0.611. The Balaban J connectivity index is 1.53. The second kappa shape index (κ2) is 10.4. The Bertz CT molecular complexity index is 1020. The van der Waals surface area contributed by atoms with Crippen molar-refractivity contribution in [3.8, 4) is 0 Å². The lowest BCUT2D eigenvalue weighted by molar-refractivity contribution is -0.124. The van der Waals surface area contributed by atoms with Crippen LogP contribution in [0.4, 0.5) is 27.5 Å². The molecule has 168 valence electrons. The maximum Gasteiger partial charge on any atom is 0.411 e. The van der Waals surface area contributed by atoms with E-state index in [9.17, 15) is 19.2 Å². The fourth-order valence-corrected chi connectivity index (χ4v) is 3.11. The number of nitrogens with one attached hydrogen (secondary N) is 3. The third-order valence-electron chi connectivity index (χ3n) is 4.58.